The first-order valence-corrected chi connectivity index (χ1v) is 14.1. The summed E-state index contributed by atoms with van der Waals surface area (Å²) < 4.78 is 2.22. The van der Waals surface area contributed by atoms with Crippen LogP contribution in [0, 0.1) is 5.41 Å². The summed E-state index contributed by atoms with van der Waals surface area (Å²) >= 11 is 0. The molecular formula is C32H33N7O2. The summed E-state index contributed by atoms with van der Waals surface area (Å²) in [7, 11) is 0. The van der Waals surface area contributed by atoms with Crippen LogP contribution in [0.2, 0.25) is 0 Å². The molecule has 0 spiro atoms. The van der Waals surface area contributed by atoms with Crippen LogP contribution in [0.3, 0.4) is 0 Å². The van der Waals surface area contributed by atoms with Crippen molar-refractivity contribution in [2.75, 3.05) is 4.90 Å². The van der Waals surface area contributed by atoms with E-state index >= 15 is 0 Å². The summed E-state index contributed by atoms with van der Waals surface area (Å²) in [5.74, 6) is 1.25. The van der Waals surface area contributed by atoms with Crippen molar-refractivity contribution in [1.29, 1.82) is 0 Å². The molecule has 9 nitrogen and oxygen atoms in total. The number of aryl methyl sites for hydroxylation is 1. The summed E-state index contributed by atoms with van der Waals surface area (Å²) in [6.07, 6.45) is 3.64. The highest BCUT2D eigenvalue weighted by atomic mass is 16.2. The molecular weight excluding hydrogens is 514 g/mol. The zero-order valence-corrected chi connectivity index (χ0v) is 23.6. The highest BCUT2D eigenvalue weighted by Gasteiger charge is 2.38. The first-order valence-electron chi connectivity index (χ1n) is 14.1. The highest BCUT2D eigenvalue weighted by Crippen LogP contribution is 2.35. The molecule has 1 fully saturated rings. The summed E-state index contributed by atoms with van der Waals surface area (Å²) in [5.41, 5.74) is 6.20. The second kappa shape index (κ2) is 10.7. The van der Waals surface area contributed by atoms with Crippen LogP contribution in [0.5, 0.6) is 0 Å². The largest absolute Gasteiger partial charge is 0.323 e. The number of hydrogen-bond donors (Lipinski definition) is 1. The lowest BCUT2D eigenvalue weighted by Crippen LogP contribution is -2.46. The van der Waals surface area contributed by atoms with E-state index in [0.717, 1.165) is 58.4 Å². The Bertz CT molecular complexity index is 1700. The van der Waals surface area contributed by atoms with Gasteiger partial charge in [0.1, 0.15) is 5.82 Å². The van der Waals surface area contributed by atoms with Gasteiger partial charge in [0.05, 0.1) is 16.7 Å². The number of tetrazole rings is 1. The lowest BCUT2D eigenvalue weighted by atomic mass is 9.81. The fourth-order valence-electron chi connectivity index (χ4n) is 5.65. The van der Waals surface area contributed by atoms with Gasteiger partial charge in [-0.1, -0.05) is 75.7 Å². The van der Waals surface area contributed by atoms with Crippen LogP contribution in [0.25, 0.3) is 33.5 Å². The third kappa shape index (κ3) is 5.27. The molecule has 1 aliphatic heterocycles. The quantitative estimate of drug-likeness (QED) is 0.240. The lowest BCUT2D eigenvalue weighted by Gasteiger charge is -2.34. The number of imidazole rings is 1. The Morgan fingerprint density at radius 1 is 0.927 bits per heavy atom. The molecule has 9 heteroatoms. The zero-order valence-electron chi connectivity index (χ0n) is 23.6. The third-order valence-electron chi connectivity index (χ3n) is 7.70. The molecule has 0 bridgehead atoms. The maximum atomic E-state index is 13.0. The maximum absolute atomic E-state index is 13.0. The van der Waals surface area contributed by atoms with Gasteiger partial charge in [0.15, 0.2) is 0 Å². The number of anilines is 1. The van der Waals surface area contributed by atoms with Gasteiger partial charge in [-0.25, -0.2) is 4.98 Å². The number of aromatic amines is 1. The molecule has 2 aromatic heterocycles. The van der Waals surface area contributed by atoms with Crippen LogP contribution in [0.4, 0.5) is 5.69 Å². The molecule has 3 heterocycles. The first-order chi connectivity index (χ1) is 19.8. The second-order valence-electron chi connectivity index (χ2n) is 11.5. The van der Waals surface area contributed by atoms with Crippen LogP contribution >= 0.6 is 0 Å². The Labute approximate surface area is 238 Å². The van der Waals surface area contributed by atoms with Gasteiger partial charge in [-0.15, -0.1) is 10.2 Å². The number of benzene rings is 3. The molecule has 6 rings (SSSR count). The number of aromatic nitrogens is 6. The van der Waals surface area contributed by atoms with Crippen molar-refractivity contribution >= 4 is 28.5 Å². The Balaban J connectivity index is 1.34. The maximum Gasteiger partial charge on any atom is 0.234 e. The minimum atomic E-state index is -0.317. The van der Waals surface area contributed by atoms with Crippen molar-refractivity contribution in [2.24, 2.45) is 5.41 Å². The van der Waals surface area contributed by atoms with E-state index in [-0.39, 0.29) is 17.2 Å². The number of fused-ring (bicyclic) bond motifs is 1. The van der Waals surface area contributed by atoms with E-state index in [2.05, 4.69) is 62.4 Å². The van der Waals surface area contributed by atoms with Gasteiger partial charge in [0.2, 0.25) is 17.6 Å². The summed E-state index contributed by atoms with van der Waals surface area (Å²) in [4.78, 5) is 32.3. The zero-order chi connectivity index (χ0) is 28.6. The minimum absolute atomic E-state index is 0.153. The van der Waals surface area contributed by atoms with Gasteiger partial charge < -0.3 is 4.57 Å². The average molecular weight is 548 g/mol. The van der Waals surface area contributed by atoms with Crippen molar-refractivity contribution in [1.82, 2.24) is 30.2 Å². The summed E-state index contributed by atoms with van der Waals surface area (Å²) in [6, 6.07) is 22.2. The van der Waals surface area contributed by atoms with E-state index in [1.165, 1.54) is 4.90 Å². The van der Waals surface area contributed by atoms with Crippen molar-refractivity contribution < 1.29 is 9.59 Å². The molecule has 1 aliphatic rings. The van der Waals surface area contributed by atoms with Gasteiger partial charge in [-0.05, 0) is 51.9 Å². The summed E-state index contributed by atoms with van der Waals surface area (Å²) in [6.45, 7) is 6.73. The van der Waals surface area contributed by atoms with Crippen LogP contribution in [0.1, 0.15) is 57.8 Å². The number of rotatable bonds is 8. The molecule has 0 atom stereocenters. The molecule has 0 saturated carbocycles. The number of unbranched alkanes of at least 4 members (excludes halogenated alkanes) is 1. The normalized spacial score (nSPS) is 15.1. The monoisotopic (exact) mass is 547 g/mol. The Morgan fingerprint density at radius 2 is 1.66 bits per heavy atom. The standard InChI is InChI=1S/C32H33N7O2/c1-4-5-10-28-33-26-16-15-23(39-29(40)18-32(2,3)19-30(39)41)17-27(26)38(28)20-21-11-13-22(14-12-21)24-8-6-7-9-25(24)31-34-36-37-35-31/h6-9,11-17H,4-5,10,18-20H2,1-3H3,(H,34,35,36,37). The molecule has 2 amide bonds. The third-order valence-corrected chi connectivity index (χ3v) is 7.70. The number of nitrogens with zero attached hydrogens (tertiary/aromatic N) is 6. The molecule has 41 heavy (non-hydrogen) atoms. The van der Waals surface area contributed by atoms with Gasteiger partial charge in [-0.3, -0.25) is 14.5 Å². The Hall–Kier alpha value is -4.66. The van der Waals surface area contributed by atoms with Crippen molar-refractivity contribution in [3.8, 4) is 22.5 Å². The smallest absolute Gasteiger partial charge is 0.234 e. The van der Waals surface area contributed by atoms with E-state index in [1.54, 1.807) is 0 Å². The van der Waals surface area contributed by atoms with E-state index in [4.69, 9.17) is 4.98 Å². The van der Waals surface area contributed by atoms with E-state index < -0.39 is 0 Å². The number of hydrogen-bond acceptors (Lipinski definition) is 6. The minimum Gasteiger partial charge on any atom is -0.323 e. The summed E-state index contributed by atoms with van der Waals surface area (Å²) in [5, 5.41) is 14.6. The SMILES string of the molecule is CCCCc1nc2ccc(N3C(=O)CC(C)(C)CC3=O)cc2n1Cc1ccc(-c2ccccc2-c2nn[nH]n2)cc1. The molecule has 5 aromatic rings. The fourth-order valence-corrected chi connectivity index (χ4v) is 5.65. The number of imide groups is 1. The van der Waals surface area contributed by atoms with Gasteiger partial charge >= 0.3 is 0 Å². The van der Waals surface area contributed by atoms with Crippen LogP contribution in [-0.4, -0.2) is 42.0 Å². The molecule has 0 radical (unpaired) electrons. The van der Waals surface area contributed by atoms with Crippen molar-refractivity contribution in [2.45, 2.75) is 59.4 Å². The number of H-pyrrole nitrogens is 1. The number of piperidine rings is 1. The Kier molecular flexibility index (Phi) is 6.95. The second-order valence-corrected chi connectivity index (χ2v) is 11.5. The predicted molar refractivity (Wildman–Crippen MR) is 158 cm³/mol. The van der Waals surface area contributed by atoms with Crippen LogP contribution < -0.4 is 4.90 Å². The van der Waals surface area contributed by atoms with Crippen LogP contribution in [-0.2, 0) is 22.6 Å². The first kappa shape index (κ1) is 26.6. The molecule has 208 valence electrons. The van der Waals surface area contributed by atoms with Crippen LogP contribution in [0.15, 0.2) is 66.7 Å². The van der Waals surface area contributed by atoms with Crippen molar-refractivity contribution in [3.05, 3.63) is 78.1 Å². The number of nitrogens with one attached hydrogen (secondary N) is 1. The molecule has 1 N–H and O–H groups in total. The predicted octanol–water partition coefficient (Wildman–Crippen LogP) is 5.95. The topological polar surface area (TPSA) is 110 Å². The Morgan fingerprint density at radius 3 is 2.34 bits per heavy atom. The van der Waals surface area contributed by atoms with E-state index in [9.17, 15) is 9.59 Å². The lowest BCUT2D eigenvalue weighted by molar-refractivity contribution is -0.132. The fraction of sp³-hybridized carbons (Fsp3) is 0.312. The number of carbonyl (C=O) groups excluding carboxylic acids is 2. The average Bonchev–Trinajstić information content (AvgIpc) is 3.60. The van der Waals surface area contributed by atoms with Crippen molar-refractivity contribution in [3.63, 3.8) is 0 Å². The number of carbonyl (C=O) groups is 2. The molecule has 0 unspecified atom stereocenters. The highest BCUT2D eigenvalue weighted by molar-refractivity contribution is 6.17. The molecule has 0 aliphatic carbocycles. The van der Waals surface area contributed by atoms with Gasteiger partial charge in [-0.2, -0.15) is 5.21 Å². The van der Waals surface area contributed by atoms with Gasteiger partial charge in [0.25, 0.3) is 0 Å². The van der Waals surface area contributed by atoms with E-state index in [0.29, 0.717) is 30.9 Å². The van der Waals surface area contributed by atoms with Gasteiger partial charge in [0, 0.05) is 31.4 Å². The van der Waals surface area contributed by atoms with E-state index in [1.807, 2.05) is 50.2 Å². The molecule has 3 aromatic carbocycles. The number of amides is 2. The molecule has 1 saturated heterocycles.